The van der Waals surface area contributed by atoms with Gasteiger partial charge in [-0.1, -0.05) is 19.1 Å². The molecule has 1 amide bonds. The predicted octanol–water partition coefficient (Wildman–Crippen LogP) is 3.40. The van der Waals surface area contributed by atoms with Gasteiger partial charge in [-0.05, 0) is 63.0 Å². The molecule has 0 bridgehead atoms. The van der Waals surface area contributed by atoms with Crippen molar-refractivity contribution in [3.63, 3.8) is 0 Å². The molecule has 28 heavy (non-hydrogen) atoms. The van der Waals surface area contributed by atoms with Gasteiger partial charge in [-0.3, -0.25) is 9.78 Å². The second-order valence-electron chi connectivity index (χ2n) is 8.57. The highest BCUT2D eigenvalue weighted by atomic mass is 16.2. The Labute approximate surface area is 167 Å². The lowest BCUT2D eigenvalue weighted by Gasteiger charge is -2.40. The van der Waals surface area contributed by atoms with Crippen molar-refractivity contribution in [1.29, 1.82) is 5.26 Å². The average Bonchev–Trinajstić information content (AvgIpc) is 2.72. The van der Waals surface area contributed by atoms with Gasteiger partial charge < -0.3 is 9.80 Å². The van der Waals surface area contributed by atoms with Crippen LogP contribution in [0.4, 0.5) is 0 Å². The van der Waals surface area contributed by atoms with Crippen LogP contribution >= 0.6 is 0 Å². The van der Waals surface area contributed by atoms with E-state index < -0.39 is 0 Å². The zero-order chi connectivity index (χ0) is 19.7. The van der Waals surface area contributed by atoms with E-state index in [0.29, 0.717) is 23.3 Å². The lowest BCUT2D eigenvalue weighted by atomic mass is 9.82. The molecule has 2 aromatic rings. The third-order valence-electron chi connectivity index (χ3n) is 6.40. The zero-order valence-corrected chi connectivity index (χ0v) is 16.8. The highest BCUT2D eigenvalue weighted by Gasteiger charge is 2.34. The first-order valence-electron chi connectivity index (χ1n) is 10.3. The topological polar surface area (TPSA) is 60.2 Å². The number of likely N-dealkylation sites (tertiary alicyclic amines) is 2. The molecular formula is C23H28N4O. The summed E-state index contributed by atoms with van der Waals surface area (Å²) in [5.41, 5.74) is 2.60. The normalized spacial score (nSPS) is 24.2. The minimum atomic E-state index is 0.168. The Balaban J connectivity index is 1.60. The molecule has 2 aliphatic heterocycles. The molecule has 1 aromatic carbocycles. The fourth-order valence-electron chi connectivity index (χ4n) is 4.91. The van der Waals surface area contributed by atoms with E-state index in [9.17, 15) is 10.1 Å². The van der Waals surface area contributed by atoms with Crippen molar-refractivity contribution in [2.75, 3.05) is 33.2 Å². The van der Waals surface area contributed by atoms with Crippen LogP contribution in [0.2, 0.25) is 0 Å². The molecule has 5 heteroatoms. The van der Waals surface area contributed by atoms with E-state index >= 15 is 0 Å². The molecule has 0 radical (unpaired) electrons. The summed E-state index contributed by atoms with van der Waals surface area (Å²) >= 11 is 0. The van der Waals surface area contributed by atoms with Crippen LogP contribution in [0.25, 0.3) is 10.9 Å². The van der Waals surface area contributed by atoms with Crippen LogP contribution in [0, 0.1) is 23.2 Å². The number of aromatic nitrogens is 1. The Kier molecular flexibility index (Phi) is 5.32. The molecule has 2 fully saturated rings. The number of nitrogens with zero attached hydrogens (tertiary/aromatic N) is 4. The number of rotatable bonds is 2. The quantitative estimate of drug-likeness (QED) is 0.806. The van der Waals surface area contributed by atoms with Gasteiger partial charge >= 0.3 is 0 Å². The first-order valence-corrected chi connectivity index (χ1v) is 10.3. The van der Waals surface area contributed by atoms with E-state index in [1.165, 1.54) is 5.56 Å². The van der Waals surface area contributed by atoms with Gasteiger partial charge in [-0.2, -0.15) is 5.26 Å². The van der Waals surface area contributed by atoms with Crippen molar-refractivity contribution in [3.05, 3.63) is 41.6 Å². The summed E-state index contributed by atoms with van der Waals surface area (Å²) in [6, 6.07) is 10.2. The summed E-state index contributed by atoms with van der Waals surface area (Å²) in [4.78, 5) is 22.1. The van der Waals surface area contributed by atoms with Gasteiger partial charge in [0.2, 0.25) is 5.91 Å². The predicted molar refractivity (Wildman–Crippen MR) is 110 cm³/mol. The molecule has 3 heterocycles. The van der Waals surface area contributed by atoms with Crippen molar-refractivity contribution in [2.24, 2.45) is 11.8 Å². The maximum absolute atomic E-state index is 13.2. The molecule has 146 valence electrons. The number of nitriles is 1. The van der Waals surface area contributed by atoms with Gasteiger partial charge in [0.1, 0.15) is 6.07 Å². The maximum Gasteiger partial charge on any atom is 0.225 e. The van der Waals surface area contributed by atoms with Gasteiger partial charge in [0.25, 0.3) is 0 Å². The average molecular weight is 377 g/mol. The minimum Gasteiger partial charge on any atom is -0.342 e. The van der Waals surface area contributed by atoms with Gasteiger partial charge in [0.15, 0.2) is 0 Å². The number of hydrogen-bond donors (Lipinski definition) is 0. The number of fused-ring (bicyclic) bond motifs is 1. The van der Waals surface area contributed by atoms with Crippen LogP contribution < -0.4 is 0 Å². The number of carbonyl (C=O) groups is 1. The van der Waals surface area contributed by atoms with Crippen LogP contribution in [-0.2, 0) is 4.79 Å². The molecule has 1 aromatic heterocycles. The van der Waals surface area contributed by atoms with Gasteiger partial charge in [0, 0.05) is 36.5 Å². The Morgan fingerprint density at radius 3 is 2.75 bits per heavy atom. The fourth-order valence-corrected chi connectivity index (χ4v) is 4.91. The summed E-state index contributed by atoms with van der Waals surface area (Å²) in [5.74, 6) is 1.26. The Morgan fingerprint density at radius 1 is 1.21 bits per heavy atom. The largest absolute Gasteiger partial charge is 0.342 e. The number of hydrogen-bond acceptors (Lipinski definition) is 4. The lowest BCUT2D eigenvalue weighted by molar-refractivity contribution is -0.139. The third-order valence-corrected chi connectivity index (χ3v) is 6.40. The van der Waals surface area contributed by atoms with Crippen molar-refractivity contribution in [1.82, 2.24) is 14.8 Å². The molecule has 0 unspecified atom stereocenters. The molecule has 2 saturated heterocycles. The summed E-state index contributed by atoms with van der Waals surface area (Å²) in [7, 11) is 2.13. The molecule has 0 aliphatic carbocycles. The summed E-state index contributed by atoms with van der Waals surface area (Å²) in [6.07, 6.45) is 4.74. The van der Waals surface area contributed by atoms with Crippen molar-refractivity contribution in [2.45, 2.75) is 32.1 Å². The number of pyridine rings is 1. The molecule has 2 aliphatic rings. The maximum atomic E-state index is 13.2. The monoisotopic (exact) mass is 376 g/mol. The van der Waals surface area contributed by atoms with E-state index in [0.717, 1.165) is 56.3 Å². The smallest absolute Gasteiger partial charge is 0.225 e. The van der Waals surface area contributed by atoms with Crippen LogP contribution in [-0.4, -0.2) is 53.9 Å². The molecule has 2 atom stereocenters. The lowest BCUT2D eigenvalue weighted by Crippen LogP contribution is -2.47. The van der Waals surface area contributed by atoms with E-state index in [1.54, 1.807) is 6.20 Å². The standard InChI is InChI=1S/C23H28N4O/c1-16-12-19(15-27(14-16)23(28)17-7-10-26(2)11-8-17)20-6-5-18(13-24)22-21(20)4-3-9-25-22/h3-6,9,16-17,19H,7-8,10-12,14-15H2,1-2H3/t16-,19+/m1/s1. The molecular weight excluding hydrogens is 348 g/mol. The summed E-state index contributed by atoms with van der Waals surface area (Å²) < 4.78 is 0. The number of piperidine rings is 2. The number of benzene rings is 1. The zero-order valence-electron chi connectivity index (χ0n) is 16.8. The minimum absolute atomic E-state index is 0.168. The Morgan fingerprint density at radius 2 is 2.00 bits per heavy atom. The first-order chi connectivity index (χ1) is 13.6. The van der Waals surface area contributed by atoms with Crippen LogP contribution in [0.5, 0.6) is 0 Å². The molecule has 0 saturated carbocycles. The molecule has 4 rings (SSSR count). The molecule has 5 nitrogen and oxygen atoms in total. The Hall–Kier alpha value is -2.45. The van der Waals surface area contributed by atoms with E-state index in [1.807, 2.05) is 12.1 Å². The molecule has 0 N–H and O–H groups in total. The van der Waals surface area contributed by atoms with E-state index in [4.69, 9.17) is 0 Å². The summed E-state index contributed by atoms with van der Waals surface area (Å²) in [5, 5.41) is 10.5. The Bertz CT molecular complexity index is 910. The second kappa shape index (κ2) is 7.89. The van der Waals surface area contributed by atoms with Crippen LogP contribution in [0.3, 0.4) is 0 Å². The SMILES string of the molecule is C[C@@H]1C[C@H](c2ccc(C#N)c3ncccc23)CN(C(=O)C2CCN(C)CC2)C1. The number of carbonyl (C=O) groups excluding carboxylic acids is 1. The van der Waals surface area contributed by atoms with Crippen molar-refractivity contribution in [3.8, 4) is 6.07 Å². The highest BCUT2D eigenvalue weighted by Crippen LogP contribution is 2.35. The van der Waals surface area contributed by atoms with Crippen molar-refractivity contribution >= 4 is 16.8 Å². The van der Waals surface area contributed by atoms with Gasteiger partial charge in [-0.25, -0.2) is 0 Å². The van der Waals surface area contributed by atoms with E-state index in [-0.39, 0.29) is 5.92 Å². The highest BCUT2D eigenvalue weighted by molar-refractivity contribution is 5.87. The summed E-state index contributed by atoms with van der Waals surface area (Å²) in [6.45, 7) is 5.88. The first kappa shape index (κ1) is 18.9. The third kappa shape index (κ3) is 3.62. The second-order valence-corrected chi connectivity index (χ2v) is 8.57. The van der Waals surface area contributed by atoms with E-state index in [2.05, 4.69) is 47.0 Å². The van der Waals surface area contributed by atoms with Gasteiger partial charge in [0.05, 0.1) is 11.1 Å². The van der Waals surface area contributed by atoms with Gasteiger partial charge in [-0.15, -0.1) is 0 Å². The molecule has 0 spiro atoms. The van der Waals surface area contributed by atoms with Crippen molar-refractivity contribution < 1.29 is 4.79 Å². The van der Waals surface area contributed by atoms with Crippen LogP contribution in [0.15, 0.2) is 30.5 Å². The fraction of sp³-hybridized carbons (Fsp3) is 0.522. The van der Waals surface area contributed by atoms with Crippen LogP contribution in [0.1, 0.15) is 43.2 Å². The number of amides is 1.